The first-order valence-electron chi connectivity index (χ1n) is 21.6. The minimum absolute atomic E-state index is 0.110. The summed E-state index contributed by atoms with van der Waals surface area (Å²) in [6, 6.07) is 55.7. The van der Waals surface area contributed by atoms with Gasteiger partial charge in [0.15, 0.2) is 5.82 Å². The van der Waals surface area contributed by atoms with Gasteiger partial charge in [0.2, 0.25) is 0 Å². The summed E-state index contributed by atoms with van der Waals surface area (Å²) in [5, 5.41) is 0. The molecule has 1 aromatic heterocycles. The van der Waals surface area contributed by atoms with Crippen molar-refractivity contribution in [2.75, 3.05) is 0 Å². The van der Waals surface area contributed by atoms with E-state index in [0.29, 0.717) is 11.8 Å². The van der Waals surface area contributed by atoms with Gasteiger partial charge in [-0.1, -0.05) is 205 Å². The number of benzene rings is 6. The fourth-order valence-electron chi connectivity index (χ4n) is 10.7. The molecule has 0 amide bonds. The molecule has 7 aromatic rings. The number of nitrogens with zero attached hydrogens (tertiary/aromatic N) is 2. The molecule has 0 bridgehead atoms. The molecule has 2 aliphatic carbocycles. The summed E-state index contributed by atoms with van der Waals surface area (Å²) in [5.74, 6) is 1.64. The Morgan fingerprint density at radius 3 is 1.67 bits per heavy atom. The van der Waals surface area contributed by atoms with Crippen LogP contribution in [0.4, 0.5) is 0 Å². The van der Waals surface area contributed by atoms with Crippen molar-refractivity contribution >= 4 is 17.3 Å². The van der Waals surface area contributed by atoms with E-state index >= 15 is 0 Å². The predicted molar refractivity (Wildman–Crippen MR) is 252 cm³/mol. The Bertz CT molecular complexity index is 2800. The first-order chi connectivity index (χ1) is 29.0. The number of hydrogen-bond donors (Lipinski definition) is 0. The van der Waals surface area contributed by atoms with Crippen molar-refractivity contribution in [2.45, 2.75) is 70.1 Å². The molecule has 0 saturated carbocycles. The van der Waals surface area contributed by atoms with Crippen LogP contribution in [-0.4, -0.2) is 9.97 Å². The van der Waals surface area contributed by atoms with Gasteiger partial charge in [0.05, 0.1) is 16.8 Å². The van der Waals surface area contributed by atoms with E-state index in [9.17, 15) is 0 Å². The standard InChI is InChI=1S/C57H52N2S/c1-8-40-44(55(2,3)4)33-32-41(53(40)56(5,6)7)36-26-28-38(29-27-36)50-35-49(37-18-10-9-11-19-37)58-54(59-50)39-30-31-43-42-20-12-13-21-45(42)57(48(43)34-39)46-22-14-16-24-51(46)60-52-25-17-15-23-47(52)57/h9-35,40,53H,8H2,1-7H3. The van der Waals surface area contributed by atoms with E-state index in [1.54, 1.807) is 5.57 Å². The molecule has 2 atom stereocenters. The third-order valence-electron chi connectivity index (χ3n) is 13.2. The van der Waals surface area contributed by atoms with Gasteiger partial charge >= 0.3 is 0 Å². The highest BCUT2D eigenvalue weighted by atomic mass is 32.2. The molecule has 0 N–H and O–H groups in total. The molecular weight excluding hydrogens is 745 g/mol. The van der Waals surface area contributed by atoms with Crippen molar-refractivity contribution in [3.05, 3.63) is 197 Å². The Morgan fingerprint density at radius 1 is 0.517 bits per heavy atom. The zero-order chi connectivity index (χ0) is 41.4. The van der Waals surface area contributed by atoms with Gasteiger partial charge in [0, 0.05) is 26.5 Å². The third kappa shape index (κ3) is 6.16. The van der Waals surface area contributed by atoms with Crippen molar-refractivity contribution in [3.8, 4) is 45.0 Å². The number of fused-ring (bicyclic) bond motifs is 9. The van der Waals surface area contributed by atoms with E-state index in [1.807, 2.05) is 11.8 Å². The summed E-state index contributed by atoms with van der Waals surface area (Å²) < 4.78 is 0. The molecule has 1 spiro atoms. The van der Waals surface area contributed by atoms with E-state index in [0.717, 1.165) is 40.3 Å². The second kappa shape index (κ2) is 14.5. The van der Waals surface area contributed by atoms with E-state index in [1.165, 1.54) is 54.3 Å². The average molecular weight is 797 g/mol. The van der Waals surface area contributed by atoms with Crippen LogP contribution in [-0.2, 0) is 5.41 Å². The van der Waals surface area contributed by atoms with Gasteiger partial charge in [-0.05, 0) is 97.9 Å². The van der Waals surface area contributed by atoms with Crippen LogP contribution < -0.4 is 0 Å². The lowest BCUT2D eigenvalue weighted by Crippen LogP contribution is -2.35. The summed E-state index contributed by atoms with van der Waals surface area (Å²) in [4.78, 5) is 13.3. The number of aromatic nitrogens is 2. The van der Waals surface area contributed by atoms with Gasteiger partial charge in [-0.3, -0.25) is 0 Å². The van der Waals surface area contributed by atoms with Crippen LogP contribution in [0, 0.1) is 22.7 Å². The van der Waals surface area contributed by atoms with Gasteiger partial charge in [0.1, 0.15) is 0 Å². The molecule has 0 fully saturated rings. The van der Waals surface area contributed by atoms with Gasteiger partial charge < -0.3 is 0 Å². The number of rotatable bonds is 5. The van der Waals surface area contributed by atoms with Gasteiger partial charge in [-0.2, -0.15) is 0 Å². The van der Waals surface area contributed by atoms with E-state index < -0.39 is 5.41 Å². The lowest BCUT2D eigenvalue weighted by atomic mass is 9.59. The monoisotopic (exact) mass is 796 g/mol. The molecular formula is C57H52N2S. The molecule has 10 rings (SSSR count). The zero-order valence-electron chi connectivity index (χ0n) is 35.8. The minimum atomic E-state index is -0.464. The van der Waals surface area contributed by atoms with Crippen LogP contribution in [0.3, 0.4) is 0 Å². The number of hydrogen-bond acceptors (Lipinski definition) is 3. The van der Waals surface area contributed by atoms with Crippen LogP contribution in [0.1, 0.15) is 82.7 Å². The highest BCUT2D eigenvalue weighted by Gasteiger charge is 2.50. The topological polar surface area (TPSA) is 25.8 Å². The summed E-state index contributed by atoms with van der Waals surface area (Å²) in [6.07, 6.45) is 5.96. The zero-order valence-corrected chi connectivity index (χ0v) is 36.6. The van der Waals surface area contributed by atoms with Crippen LogP contribution in [0.25, 0.3) is 50.6 Å². The lowest BCUT2D eigenvalue weighted by molar-refractivity contribution is 0.212. The fourth-order valence-corrected chi connectivity index (χ4v) is 11.9. The molecule has 2 nitrogen and oxygen atoms in total. The van der Waals surface area contributed by atoms with Crippen molar-refractivity contribution in [1.82, 2.24) is 9.97 Å². The Hall–Kier alpha value is -5.77. The smallest absolute Gasteiger partial charge is 0.160 e. The maximum Gasteiger partial charge on any atom is 0.160 e. The molecule has 0 radical (unpaired) electrons. The maximum absolute atomic E-state index is 5.42. The molecule has 1 aliphatic heterocycles. The SMILES string of the molecule is CCC1C(C(C)(C)C)=CC=C(c2ccc(-c3cc(-c4ccccc4)nc(-c4ccc5c(c4)C4(c6ccccc6Sc6ccccc64)c4ccccc4-5)n3)cc2)C1C(C)(C)C. The Kier molecular flexibility index (Phi) is 9.26. The van der Waals surface area contributed by atoms with Gasteiger partial charge in [-0.25, -0.2) is 9.97 Å². The van der Waals surface area contributed by atoms with Crippen molar-refractivity contribution in [2.24, 2.45) is 22.7 Å². The minimum Gasteiger partial charge on any atom is -0.228 e. The van der Waals surface area contributed by atoms with E-state index in [4.69, 9.17) is 9.97 Å². The highest BCUT2D eigenvalue weighted by molar-refractivity contribution is 7.99. The second-order valence-electron chi connectivity index (χ2n) is 18.9. The van der Waals surface area contributed by atoms with Crippen LogP contribution >= 0.6 is 11.8 Å². The molecule has 3 aliphatic rings. The summed E-state index contributed by atoms with van der Waals surface area (Å²) in [6.45, 7) is 16.7. The predicted octanol–water partition coefficient (Wildman–Crippen LogP) is 15.4. The Labute approximate surface area is 360 Å². The molecule has 60 heavy (non-hydrogen) atoms. The largest absolute Gasteiger partial charge is 0.228 e. The van der Waals surface area contributed by atoms with Gasteiger partial charge in [-0.15, -0.1) is 0 Å². The number of allylic oxidation sites excluding steroid dienone is 4. The van der Waals surface area contributed by atoms with Crippen molar-refractivity contribution < 1.29 is 0 Å². The molecule has 3 heteroatoms. The Balaban J connectivity index is 1.13. The lowest BCUT2D eigenvalue weighted by Gasteiger charge is -2.45. The highest BCUT2D eigenvalue weighted by Crippen LogP contribution is 2.62. The Morgan fingerprint density at radius 2 is 1.05 bits per heavy atom. The molecule has 0 saturated heterocycles. The summed E-state index contributed by atoms with van der Waals surface area (Å²) >= 11 is 1.87. The molecule has 6 aromatic carbocycles. The summed E-state index contributed by atoms with van der Waals surface area (Å²) in [5.41, 5.74) is 16.9. The third-order valence-corrected chi connectivity index (χ3v) is 14.4. The molecule has 296 valence electrons. The second-order valence-corrected chi connectivity index (χ2v) is 20.0. The maximum atomic E-state index is 5.42. The van der Waals surface area contributed by atoms with Crippen LogP contribution in [0.5, 0.6) is 0 Å². The van der Waals surface area contributed by atoms with Crippen molar-refractivity contribution in [3.63, 3.8) is 0 Å². The normalized spacial score (nSPS) is 17.6. The first kappa shape index (κ1) is 38.4. The quantitative estimate of drug-likeness (QED) is 0.173. The van der Waals surface area contributed by atoms with Crippen molar-refractivity contribution in [1.29, 1.82) is 0 Å². The van der Waals surface area contributed by atoms with E-state index in [2.05, 4.69) is 212 Å². The fraction of sp³-hybridized carbons (Fsp3) is 0.228. The van der Waals surface area contributed by atoms with Crippen LogP contribution in [0.2, 0.25) is 0 Å². The first-order valence-corrected chi connectivity index (χ1v) is 22.4. The molecule has 2 unspecified atom stereocenters. The van der Waals surface area contributed by atoms with Gasteiger partial charge in [0.25, 0.3) is 0 Å². The average Bonchev–Trinajstić information content (AvgIpc) is 3.55. The molecule has 2 heterocycles. The van der Waals surface area contributed by atoms with Crippen LogP contribution in [0.15, 0.2) is 179 Å². The van der Waals surface area contributed by atoms with E-state index in [-0.39, 0.29) is 10.8 Å². The summed E-state index contributed by atoms with van der Waals surface area (Å²) in [7, 11) is 0.